The number of benzene rings is 2. The molecular formula is C39H44N4O3. The highest BCUT2D eigenvalue weighted by atomic mass is 16.2. The van der Waals surface area contributed by atoms with Crippen molar-refractivity contribution in [2.45, 2.75) is 51.4 Å². The van der Waals surface area contributed by atoms with E-state index in [1.807, 2.05) is 86.9 Å². The van der Waals surface area contributed by atoms with E-state index in [1.165, 1.54) is 0 Å². The SMILES string of the molecule is CNC(=O)c1ccc2c(c1)C(C)(C)\C(=C/C=C/C=C1\CC\C(=C/C=C/C=C3/N(C)c4ccc(C(=O)NC)cc4C3(C)C)C1=O)N2C. The largest absolute Gasteiger partial charge is 0.355 e. The first kappa shape index (κ1) is 32.5. The number of hydrogen-bond acceptors (Lipinski definition) is 5. The quantitative estimate of drug-likeness (QED) is 0.355. The first-order chi connectivity index (χ1) is 21.8. The number of hydrogen-bond donors (Lipinski definition) is 2. The smallest absolute Gasteiger partial charge is 0.251 e. The topological polar surface area (TPSA) is 81.8 Å². The standard InChI is InChI=1S/C39H44N4O3/c1-38(2)29-23-27(36(45)40-5)19-21-31(29)42(7)33(38)15-11-9-13-25-17-18-26(35(25)44)14-10-12-16-34-39(3,4)30-24-28(37(46)41-6)20-22-32(30)43(34)8/h9-16,19-24H,17-18H2,1-8H3,(H,40,45)(H,41,46)/b11-9+,12-10+,25-13+,26-14+,33-15+,34-16+. The second-order valence-corrected chi connectivity index (χ2v) is 13.1. The maximum Gasteiger partial charge on any atom is 0.251 e. The van der Waals surface area contributed by atoms with Crippen molar-refractivity contribution in [3.05, 3.63) is 130 Å². The number of carbonyl (C=O) groups is 3. The van der Waals surface area contributed by atoms with Gasteiger partial charge in [-0.25, -0.2) is 0 Å². The molecule has 0 atom stereocenters. The summed E-state index contributed by atoms with van der Waals surface area (Å²) in [4.78, 5) is 41.9. The monoisotopic (exact) mass is 616 g/mol. The fraction of sp³-hybridized carbons (Fsp3) is 0.308. The summed E-state index contributed by atoms with van der Waals surface area (Å²) in [5, 5.41) is 5.40. The van der Waals surface area contributed by atoms with Gasteiger partial charge in [0.25, 0.3) is 11.8 Å². The molecule has 0 bridgehead atoms. The summed E-state index contributed by atoms with van der Waals surface area (Å²) in [5.41, 5.74) is 9.01. The molecule has 2 aromatic carbocycles. The van der Waals surface area contributed by atoms with Gasteiger partial charge in [-0.05, 0) is 72.5 Å². The van der Waals surface area contributed by atoms with Crippen LogP contribution in [-0.4, -0.2) is 45.8 Å². The average Bonchev–Trinajstić information content (AvgIpc) is 3.56. The molecule has 238 valence electrons. The molecule has 7 nitrogen and oxygen atoms in total. The Bertz CT molecular complexity index is 1670. The lowest BCUT2D eigenvalue weighted by molar-refractivity contribution is -0.111. The van der Waals surface area contributed by atoms with Crippen LogP contribution < -0.4 is 20.4 Å². The molecule has 2 N–H and O–H groups in total. The van der Waals surface area contributed by atoms with E-state index in [-0.39, 0.29) is 28.4 Å². The van der Waals surface area contributed by atoms with Crippen LogP contribution >= 0.6 is 0 Å². The van der Waals surface area contributed by atoms with E-state index in [2.05, 4.69) is 60.3 Å². The summed E-state index contributed by atoms with van der Waals surface area (Å²) in [7, 11) is 7.37. The van der Waals surface area contributed by atoms with Gasteiger partial charge in [0.2, 0.25) is 0 Å². The highest BCUT2D eigenvalue weighted by molar-refractivity contribution is 6.11. The molecule has 46 heavy (non-hydrogen) atoms. The number of Topliss-reactive ketones (excluding diaryl/α,β-unsaturated/α-hetero) is 1. The van der Waals surface area contributed by atoms with E-state index in [9.17, 15) is 14.4 Å². The van der Waals surface area contributed by atoms with E-state index < -0.39 is 0 Å². The summed E-state index contributed by atoms with van der Waals surface area (Å²) in [6, 6.07) is 11.7. The van der Waals surface area contributed by atoms with Gasteiger partial charge in [0.15, 0.2) is 5.78 Å². The van der Waals surface area contributed by atoms with Gasteiger partial charge >= 0.3 is 0 Å². The Labute approximate surface area is 272 Å². The van der Waals surface area contributed by atoms with Crippen LogP contribution in [0.1, 0.15) is 72.4 Å². The third kappa shape index (κ3) is 5.66. The third-order valence-corrected chi connectivity index (χ3v) is 9.62. The Kier molecular flexibility index (Phi) is 8.81. The van der Waals surface area contributed by atoms with Gasteiger partial charge in [-0.2, -0.15) is 0 Å². The van der Waals surface area contributed by atoms with Crippen LogP contribution in [0, 0.1) is 0 Å². The zero-order chi connectivity index (χ0) is 33.4. The van der Waals surface area contributed by atoms with Gasteiger partial charge in [0, 0.05) is 84.1 Å². The number of anilines is 2. The number of allylic oxidation sites excluding steroid dienone is 12. The van der Waals surface area contributed by atoms with Crippen LogP contribution in [0.25, 0.3) is 0 Å². The van der Waals surface area contributed by atoms with Crippen LogP contribution in [0.5, 0.6) is 0 Å². The second-order valence-electron chi connectivity index (χ2n) is 13.1. The number of rotatable bonds is 6. The minimum Gasteiger partial charge on any atom is -0.355 e. The summed E-state index contributed by atoms with van der Waals surface area (Å²) < 4.78 is 0. The Morgan fingerprint density at radius 2 is 1.02 bits per heavy atom. The van der Waals surface area contributed by atoms with Crippen molar-refractivity contribution in [3.63, 3.8) is 0 Å². The Balaban J connectivity index is 1.26. The van der Waals surface area contributed by atoms with Crippen LogP contribution in [0.4, 0.5) is 11.4 Å². The van der Waals surface area contributed by atoms with Gasteiger partial charge in [0.05, 0.1) is 0 Å². The van der Waals surface area contributed by atoms with Crippen molar-refractivity contribution >= 4 is 29.0 Å². The lowest BCUT2D eigenvalue weighted by atomic mass is 9.83. The fourth-order valence-corrected chi connectivity index (χ4v) is 6.90. The summed E-state index contributed by atoms with van der Waals surface area (Å²) in [5.74, 6) is -0.0980. The highest BCUT2D eigenvalue weighted by Crippen LogP contribution is 2.48. The molecule has 1 aliphatic carbocycles. The minimum atomic E-state index is -0.272. The van der Waals surface area contributed by atoms with Crippen molar-refractivity contribution in [1.82, 2.24) is 10.6 Å². The number of amides is 2. The van der Waals surface area contributed by atoms with Crippen LogP contribution in [0.15, 0.2) is 108 Å². The summed E-state index contributed by atoms with van der Waals surface area (Å²) >= 11 is 0. The first-order valence-corrected chi connectivity index (χ1v) is 15.7. The number of nitrogens with zero attached hydrogens (tertiary/aromatic N) is 2. The maximum absolute atomic E-state index is 13.1. The van der Waals surface area contributed by atoms with Crippen molar-refractivity contribution < 1.29 is 14.4 Å². The molecule has 2 amide bonds. The highest BCUT2D eigenvalue weighted by Gasteiger charge is 2.39. The van der Waals surface area contributed by atoms with E-state index >= 15 is 0 Å². The Hall–Kier alpha value is -4.91. The van der Waals surface area contributed by atoms with Crippen LogP contribution in [0.2, 0.25) is 0 Å². The van der Waals surface area contributed by atoms with Crippen LogP contribution in [-0.2, 0) is 15.6 Å². The molecule has 0 radical (unpaired) electrons. The molecule has 2 aliphatic heterocycles. The van der Waals surface area contributed by atoms with Gasteiger partial charge in [-0.15, -0.1) is 0 Å². The molecular weight excluding hydrogens is 572 g/mol. The minimum absolute atomic E-state index is 0.0921. The van der Waals surface area contributed by atoms with Crippen molar-refractivity contribution in [3.8, 4) is 0 Å². The molecule has 2 aromatic rings. The number of ketones is 1. The van der Waals surface area contributed by atoms with E-state index in [0.717, 1.165) is 57.9 Å². The van der Waals surface area contributed by atoms with Gasteiger partial charge < -0.3 is 20.4 Å². The van der Waals surface area contributed by atoms with Gasteiger partial charge in [0.1, 0.15) is 0 Å². The predicted octanol–water partition coefficient (Wildman–Crippen LogP) is 6.66. The molecule has 3 aliphatic rings. The lowest BCUT2D eigenvalue weighted by Crippen LogP contribution is -2.23. The van der Waals surface area contributed by atoms with Gasteiger partial charge in [-0.1, -0.05) is 64.2 Å². The number of likely N-dealkylation sites (N-methyl/N-ethyl adjacent to an activating group) is 2. The molecule has 0 spiro atoms. The van der Waals surface area contributed by atoms with E-state index in [0.29, 0.717) is 11.1 Å². The third-order valence-electron chi connectivity index (χ3n) is 9.62. The van der Waals surface area contributed by atoms with Gasteiger partial charge in [-0.3, -0.25) is 14.4 Å². The predicted molar refractivity (Wildman–Crippen MR) is 187 cm³/mol. The molecule has 0 saturated heterocycles. The van der Waals surface area contributed by atoms with Crippen molar-refractivity contribution in [2.24, 2.45) is 0 Å². The Morgan fingerprint density at radius 1 is 0.652 bits per heavy atom. The molecule has 0 unspecified atom stereocenters. The van der Waals surface area contributed by atoms with Crippen molar-refractivity contribution in [1.29, 1.82) is 0 Å². The normalized spacial score (nSPS) is 21.8. The Morgan fingerprint density at radius 3 is 1.39 bits per heavy atom. The van der Waals surface area contributed by atoms with E-state index in [1.54, 1.807) is 14.1 Å². The van der Waals surface area contributed by atoms with E-state index in [4.69, 9.17) is 0 Å². The second kappa shape index (κ2) is 12.5. The maximum atomic E-state index is 13.1. The molecule has 2 heterocycles. The molecule has 1 saturated carbocycles. The number of fused-ring (bicyclic) bond motifs is 2. The fourth-order valence-electron chi connectivity index (χ4n) is 6.90. The number of carbonyl (C=O) groups excluding carboxylic acids is 3. The molecule has 7 heteroatoms. The lowest BCUT2D eigenvalue weighted by Gasteiger charge is -2.23. The average molecular weight is 617 g/mol. The molecule has 1 fully saturated rings. The zero-order valence-corrected chi connectivity index (χ0v) is 28.1. The first-order valence-electron chi connectivity index (χ1n) is 15.7. The van der Waals surface area contributed by atoms with Crippen molar-refractivity contribution in [2.75, 3.05) is 38.0 Å². The number of nitrogens with one attached hydrogen (secondary N) is 2. The summed E-state index contributed by atoms with van der Waals surface area (Å²) in [6.45, 7) is 8.65. The molecule has 0 aromatic heterocycles. The summed E-state index contributed by atoms with van der Waals surface area (Å²) in [6.07, 6.45) is 17.3. The zero-order valence-electron chi connectivity index (χ0n) is 28.1. The van der Waals surface area contributed by atoms with Crippen LogP contribution in [0.3, 0.4) is 0 Å². The molecule has 5 rings (SSSR count).